The van der Waals surface area contributed by atoms with Crippen LogP contribution in [-0.4, -0.2) is 11.4 Å². The van der Waals surface area contributed by atoms with Gasteiger partial charge in [0.15, 0.2) is 0 Å². The molecule has 0 spiro atoms. The Hall–Kier alpha value is -1.99. The van der Waals surface area contributed by atoms with E-state index in [1.807, 2.05) is 36.4 Å². The fourth-order valence-electron chi connectivity index (χ4n) is 3.67. The normalized spacial score (nSPS) is 12.2. The zero-order valence-electron chi connectivity index (χ0n) is 20.6. The minimum atomic E-state index is 0. The van der Waals surface area contributed by atoms with Gasteiger partial charge in [0.05, 0.1) is 22.8 Å². The minimum Gasteiger partial charge on any atom is -0.251 e. The Bertz CT molecular complexity index is 810. The second kappa shape index (κ2) is 19.5. The molecule has 2 nitrogen and oxygen atoms in total. The van der Waals surface area contributed by atoms with E-state index in [-0.39, 0.29) is 16.5 Å². The molecule has 0 amide bonds. The summed E-state index contributed by atoms with van der Waals surface area (Å²) in [7, 11) is 0. The molecule has 0 fully saturated rings. The molecule has 3 heteroatoms. The van der Waals surface area contributed by atoms with E-state index in [1.165, 1.54) is 51.4 Å². The summed E-state index contributed by atoms with van der Waals surface area (Å²) in [5, 5.41) is 0. The van der Waals surface area contributed by atoms with Crippen LogP contribution in [0.4, 0.5) is 11.4 Å². The molecule has 0 saturated heterocycles. The van der Waals surface area contributed by atoms with Crippen LogP contribution in [0.5, 0.6) is 0 Å². The molecule has 0 aliphatic heterocycles. The van der Waals surface area contributed by atoms with E-state index in [2.05, 4.69) is 50.3 Å². The summed E-state index contributed by atoms with van der Waals surface area (Å²) in [4.78, 5) is 9.97. The second-order valence-corrected chi connectivity index (χ2v) is 8.50. The number of hydrogen-bond acceptors (Lipinski definition) is 2. The number of hydrogen-bond donors (Lipinski definition) is 0. The van der Waals surface area contributed by atoms with Gasteiger partial charge in [-0.25, -0.2) is 4.99 Å². The molecule has 2 rings (SSSR count). The van der Waals surface area contributed by atoms with Gasteiger partial charge in [0.2, 0.25) is 0 Å². The number of aliphatic imine (C=N–C) groups is 2. The maximum absolute atomic E-state index is 4.99. The van der Waals surface area contributed by atoms with Crippen LogP contribution in [0.1, 0.15) is 90.9 Å². The number of benzene rings is 2. The largest absolute Gasteiger partial charge is 0.251 e. The molecule has 0 aromatic heterocycles. The number of rotatable bonds is 16. The first-order valence-corrected chi connectivity index (χ1v) is 12.8. The van der Waals surface area contributed by atoms with Crippen molar-refractivity contribution in [1.82, 2.24) is 0 Å². The zero-order chi connectivity index (χ0) is 22.7. The van der Waals surface area contributed by atoms with Crippen molar-refractivity contribution in [3.8, 4) is 0 Å². The summed E-state index contributed by atoms with van der Waals surface area (Å²) in [6, 6.07) is 20.5. The molecule has 2 aromatic carbocycles. The molecule has 0 saturated carbocycles. The van der Waals surface area contributed by atoms with Gasteiger partial charge in [0, 0.05) is 16.5 Å². The maximum atomic E-state index is 4.99. The van der Waals surface area contributed by atoms with E-state index in [0.29, 0.717) is 0 Å². The number of allylic oxidation sites excluding steroid dienone is 2. The van der Waals surface area contributed by atoms with Gasteiger partial charge in [-0.2, -0.15) is 0 Å². The van der Waals surface area contributed by atoms with E-state index in [0.717, 1.165) is 48.5 Å². The molecule has 2 aromatic rings. The predicted octanol–water partition coefficient (Wildman–Crippen LogP) is 9.81. The third kappa shape index (κ3) is 13.3. The molecule has 0 aliphatic carbocycles. The fourth-order valence-corrected chi connectivity index (χ4v) is 3.67. The molecule has 0 unspecified atom stereocenters. The van der Waals surface area contributed by atoms with Gasteiger partial charge in [-0.05, 0) is 56.0 Å². The van der Waals surface area contributed by atoms with Crippen LogP contribution in [0.3, 0.4) is 0 Å². The van der Waals surface area contributed by atoms with Crippen molar-refractivity contribution in [1.29, 1.82) is 0 Å². The van der Waals surface area contributed by atoms with Crippen LogP contribution >= 0.6 is 0 Å². The monoisotopic (exact) mass is 488 g/mol. The van der Waals surface area contributed by atoms with Crippen molar-refractivity contribution in [2.24, 2.45) is 9.98 Å². The van der Waals surface area contributed by atoms with Crippen molar-refractivity contribution >= 4 is 22.8 Å². The Morgan fingerprint density at radius 3 is 1.73 bits per heavy atom. The summed E-state index contributed by atoms with van der Waals surface area (Å²) in [6.45, 7) is 4.51. The molecular formula is C30H42N2Ni. The van der Waals surface area contributed by atoms with E-state index < -0.39 is 0 Å². The van der Waals surface area contributed by atoms with Crippen LogP contribution in [0.2, 0.25) is 0 Å². The predicted molar refractivity (Wildman–Crippen MR) is 143 cm³/mol. The Morgan fingerprint density at radius 1 is 0.636 bits per heavy atom. The molecule has 0 atom stereocenters. The molecule has 0 N–H and O–H groups in total. The molecule has 0 radical (unpaired) electrons. The summed E-state index contributed by atoms with van der Waals surface area (Å²) >= 11 is 0. The Labute approximate surface area is 212 Å². The topological polar surface area (TPSA) is 24.7 Å². The molecule has 0 bridgehead atoms. The van der Waals surface area contributed by atoms with Crippen LogP contribution in [-0.2, 0) is 16.5 Å². The van der Waals surface area contributed by atoms with Gasteiger partial charge < -0.3 is 0 Å². The summed E-state index contributed by atoms with van der Waals surface area (Å²) in [5.41, 5.74) is 4.05. The minimum absolute atomic E-state index is 0. The quantitative estimate of drug-likeness (QED) is 0.127. The van der Waals surface area contributed by atoms with E-state index in [9.17, 15) is 0 Å². The van der Waals surface area contributed by atoms with Crippen molar-refractivity contribution in [2.45, 2.75) is 90.9 Å². The van der Waals surface area contributed by atoms with Crippen molar-refractivity contribution < 1.29 is 16.5 Å². The van der Waals surface area contributed by atoms with Gasteiger partial charge in [-0.15, -0.1) is 0 Å². The zero-order valence-corrected chi connectivity index (χ0v) is 21.6. The average Bonchev–Trinajstić information content (AvgIpc) is 2.83. The summed E-state index contributed by atoms with van der Waals surface area (Å²) < 4.78 is 0. The third-order valence-corrected chi connectivity index (χ3v) is 5.59. The van der Waals surface area contributed by atoms with Crippen LogP contribution in [0.25, 0.3) is 0 Å². The molecule has 182 valence electrons. The smallest absolute Gasteiger partial charge is 0.0848 e. The summed E-state index contributed by atoms with van der Waals surface area (Å²) in [5.74, 6) is 0. The van der Waals surface area contributed by atoms with E-state index in [4.69, 9.17) is 9.98 Å². The molecule has 0 heterocycles. The van der Waals surface area contributed by atoms with Crippen LogP contribution in [0.15, 0.2) is 82.8 Å². The first-order valence-electron chi connectivity index (χ1n) is 12.8. The average molecular weight is 489 g/mol. The van der Waals surface area contributed by atoms with Gasteiger partial charge in [0.1, 0.15) is 0 Å². The molecular weight excluding hydrogens is 447 g/mol. The van der Waals surface area contributed by atoms with Crippen LogP contribution < -0.4 is 0 Å². The van der Waals surface area contributed by atoms with E-state index in [1.54, 1.807) is 0 Å². The third-order valence-electron chi connectivity index (χ3n) is 5.59. The van der Waals surface area contributed by atoms with Gasteiger partial charge in [-0.3, -0.25) is 4.99 Å². The second-order valence-electron chi connectivity index (χ2n) is 8.50. The van der Waals surface area contributed by atoms with Gasteiger partial charge in [0.25, 0.3) is 0 Å². The first kappa shape index (κ1) is 29.0. The molecule has 33 heavy (non-hydrogen) atoms. The van der Waals surface area contributed by atoms with Gasteiger partial charge in [-0.1, -0.05) is 108 Å². The van der Waals surface area contributed by atoms with E-state index >= 15 is 0 Å². The van der Waals surface area contributed by atoms with Crippen molar-refractivity contribution in [3.63, 3.8) is 0 Å². The summed E-state index contributed by atoms with van der Waals surface area (Å²) in [6.07, 6.45) is 19.6. The van der Waals surface area contributed by atoms with Crippen LogP contribution in [0, 0.1) is 0 Å². The SMILES string of the molecule is CCCCCCCCCCC=CC(=Nc1ccccc1)C(CCCC)=Nc1ccccc1.[Ni]. The number of para-hydroxylation sites is 2. The Morgan fingerprint density at radius 2 is 1.15 bits per heavy atom. The van der Waals surface area contributed by atoms with Gasteiger partial charge >= 0.3 is 0 Å². The Kier molecular flexibility index (Phi) is 17.1. The number of nitrogens with zero attached hydrogens (tertiary/aromatic N) is 2. The number of unbranched alkanes of at least 4 members (excludes halogenated alkanes) is 9. The van der Waals surface area contributed by atoms with Crippen molar-refractivity contribution in [3.05, 3.63) is 72.8 Å². The first-order chi connectivity index (χ1) is 15.8. The standard InChI is InChI=1S/C30H42N2.Ni/c1-3-5-7-8-9-10-11-12-13-20-26-30(32-28-23-18-15-19-24-28)29(25-6-4-2)31-27-21-16-14-17-22-27;/h14-24,26H,3-13,25H2,1-2H3;. The molecule has 0 aliphatic rings. The Balaban J connectivity index is 0.00000544. The van der Waals surface area contributed by atoms with Crippen molar-refractivity contribution in [2.75, 3.05) is 0 Å². The fraction of sp³-hybridized carbons (Fsp3) is 0.467. The maximum Gasteiger partial charge on any atom is 0.0848 e.